The van der Waals surface area contributed by atoms with E-state index in [1.54, 1.807) is 42.5 Å². The number of hydrogen-bond acceptors (Lipinski definition) is 3. The van der Waals surface area contributed by atoms with E-state index in [1.807, 2.05) is 6.07 Å². The first-order valence-corrected chi connectivity index (χ1v) is 5.77. The molecule has 0 radical (unpaired) electrons. The zero-order valence-corrected chi connectivity index (χ0v) is 14.0. The molecule has 0 saturated carbocycles. The third kappa shape index (κ3) is 5.49. The van der Waals surface area contributed by atoms with Crippen LogP contribution in [0.4, 0.5) is 0 Å². The van der Waals surface area contributed by atoms with E-state index < -0.39 is 12.0 Å². The number of ketones is 1. The SMILES string of the molecule is NC(C(=O)O)c1cccc(C(=O)c2ccccc2)c1.O.O.[Ca+2].[H-].[H-]. The molecule has 0 bridgehead atoms. The van der Waals surface area contributed by atoms with E-state index in [-0.39, 0.29) is 57.3 Å². The average molecular weight is 333 g/mol. The van der Waals surface area contributed by atoms with Crippen molar-refractivity contribution in [2.75, 3.05) is 0 Å². The van der Waals surface area contributed by atoms with Gasteiger partial charge < -0.3 is 24.6 Å². The summed E-state index contributed by atoms with van der Waals surface area (Å²) in [5.41, 5.74) is 6.94. The maximum atomic E-state index is 12.2. The average Bonchev–Trinajstić information content (AvgIpc) is 2.46. The van der Waals surface area contributed by atoms with E-state index in [4.69, 9.17) is 10.8 Å². The Balaban J connectivity index is -0.000000400. The second-order valence-electron chi connectivity index (χ2n) is 4.14. The molecule has 6 nitrogen and oxygen atoms in total. The second kappa shape index (κ2) is 10.4. The Morgan fingerprint density at radius 1 is 0.955 bits per heavy atom. The van der Waals surface area contributed by atoms with Gasteiger partial charge in [0.25, 0.3) is 0 Å². The molecule has 0 aliphatic rings. The van der Waals surface area contributed by atoms with Crippen LogP contribution in [0.3, 0.4) is 0 Å². The smallest absolute Gasteiger partial charge is 1.00 e. The number of carbonyl (C=O) groups is 2. The molecule has 7 heteroatoms. The molecule has 0 heterocycles. The fourth-order valence-corrected chi connectivity index (χ4v) is 1.77. The van der Waals surface area contributed by atoms with Gasteiger partial charge in [-0.3, -0.25) is 9.59 Å². The molecule has 0 aliphatic carbocycles. The van der Waals surface area contributed by atoms with Crippen molar-refractivity contribution < 1.29 is 28.5 Å². The Bertz CT molecular complexity index is 628. The van der Waals surface area contributed by atoms with Crippen molar-refractivity contribution >= 4 is 49.5 Å². The van der Waals surface area contributed by atoms with Crippen molar-refractivity contribution in [2.45, 2.75) is 6.04 Å². The molecule has 2 aromatic carbocycles. The predicted molar refractivity (Wildman–Crippen MR) is 86.1 cm³/mol. The predicted octanol–water partition coefficient (Wildman–Crippen LogP) is 0.197. The first-order chi connectivity index (χ1) is 9.09. The molecule has 0 amide bonds. The number of benzene rings is 2. The zero-order valence-electron chi connectivity index (χ0n) is 13.8. The summed E-state index contributed by atoms with van der Waals surface area (Å²) in [7, 11) is 0. The zero-order chi connectivity index (χ0) is 13.8. The van der Waals surface area contributed by atoms with Crippen LogP contribution in [0, 0.1) is 0 Å². The summed E-state index contributed by atoms with van der Waals surface area (Å²) >= 11 is 0. The van der Waals surface area contributed by atoms with Crippen LogP contribution in [0.5, 0.6) is 0 Å². The normalized spacial score (nSPS) is 10.2. The Labute approximate surface area is 160 Å². The van der Waals surface area contributed by atoms with E-state index in [0.717, 1.165) is 0 Å². The fourth-order valence-electron chi connectivity index (χ4n) is 1.77. The molecule has 2 aromatic rings. The van der Waals surface area contributed by atoms with Crippen LogP contribution in [0.2, 0.25) is 0 Å². The molecular weight excluding hydrogens is 314 g/mol. The Hall–Kier alpha value is -1.28. The number of aliphatic carboxylic acids is 1. The summed E-state index contributed by atoms with van der Waals surface area (Å²) in [6, 6.07) is 14.1. The van der Waals surface area contributed by atoms with E-state index >= 15 is 0 Å². The van der Waals surface area contributed by atoms with Crippen LogP contribution in [-0.4, -0.2) is 65.5 Å². The molecule has 0 aliphatic heterocycles. The number of nitrogens with two attached hydrogens (primary N) is 1. The largest absolute Gasteiger partial charge is 2.00 e. The molecule has 0 fully saturated rings. The Kier molecular flexibility index (Phi) is 10.9. The number of carboxylic acids is 1. The van der Waals surface area contributed by atoms with Crippen LogP contribution in [0.1, 0.15) is 30.4 Å². The molecule has 0 saturated heterocycles. The van der Waals surface area contributed by atoms with Gasteiger partial charge in [-0.1, -0.05) is 48.5 Å². The summed E-state index contributed by atoms with van der Waals surface area (Å²) in [5, 5.41) is 8.87. The summed E-state index contributed by atoms with van der Waals surface area (Å²) in [4.78, 5) is 23.0. The van der Waals surface area contributed by atoms with Crippen LogP contribution in [0.15, 0.2) is 54.6 Å². The number of carbonyl (C=O) groups excluding carboxylic acids is 1. The topological polar surface area (TPSA) is 143 Å². The molecule has 0 aromatic heterocycles. The summed E-state index contributed by atoms with van der Waals surface area (Å²) in [6.45, 7) is 0. The van der Waals surface area contributed by atoms with E-state index in [0.29, 0.717) is 16.7 Å². The molecular formula is C15H19CaNO5. The third-order valence-electron chi connectivity index (χ3n) is 2.81. The van der Waals surface area contributed by atoms with Crippen LogP contribution < -0.4 is 5.73 Å². The molecule has 7 N–H and O–H groups in total. The minimum Gasteiger partial charge on any atom is -1.00 e. The Morgan fingerprint density at radius 3 is 2.05 bits per heavy atom. The minimum atomic E-state index is -1.12. The van der Waals surface area contributed by atoms with Crippen molar-refractivity contribution in [2.24, 2.45) is 5.73 Å². The van der Waals surface area contributed by atoms with Crippen molar-refractivity contribution in [3.8, 4) is 0 Å². The summed E-state index contributed by atoms with van der Waals surface area (Å²) in [5.74, 6) is -1.27. The number of hydrogen-bond donors (Lipinski definition) is 2. The van der Waals surface area contributed by atoms with Crippen molar-refractivity contribution in [3.05, 3.63) is 71.3 Å². The van der Waals surface area contributed by atoms with Gasteiger partial charge in [0.15, 0.2) is 5.78 Å². The van der Waals surface area contributed by atoms with Gasteiger partial charge in [-0.2, -0.15) is 0 Å². The first kappa shape index (κ1) is 23.0. The molecule has 0 spiro atoms. The van der Waals surface area contributed by atoms with Crippen molar-refractivity contribution in [3.63, 3.8) is 0 Å². The van der Waals surface area contributed by atoms with Gasteiger partial charge in [0.1, 0.15) is 6.04 Å². The van der Waals surface area contributed by atoms with E-state index in [2.05, 4.69) is 0 Å². The van der Waals surface area contributed by atoms with E-state index in [9.17, 15) is 9.59 Å². The molecule has 116 valence electrons. The maximum Gasteiger partial charge on any atom is 2.00 e. The van der Waals surface area contributed by atoms with Gasteiger partial charge in [0, 0.05) is 11.1 Å². The third-order valence-corrected chi connectivity index (χ3v) is 2.81. The first-order valence-electron chi connectivity index (χ1n) is 5.77. The van der Waals surface area contributed by atoms with Gasteiger partial charge in [-0.15, -0.1) is 0 Å². The second-order valence-corrected chi connectivity index (χ2v) is 4.14. The molecule has 22 heavy (non-hydrogen) atoms. The summed E-state index contributed by atoms with van der Waals surface area (Å²) < 4.78 is 0. The van der Waals surface area contributed by atoms with Crippen molar-refractivity contribution in [1.82, 2.24) is 0 Å². The number of rotatable bonds is 4. The summed E-state index contributed by atoms with van der Waals surface area (Å²) in [6.07, 6.45) is 0. The van der Waals surface area contributed by atoms with Gasteiger partial charge in [-0.05, 0) is 11.6 Å². The molecule has 1 unspecified atom stereocenters. The van der Waals surface area contributed by atoms with Crippen LogP contribution >= 0.6 is 0 Å². The van der Waals surface area contributed by atoms with Gasteiger partial charge >= 0.3 is 43.7 Å². The minimum absolute atomic E-state index is 0. The van der Waals surface area contributed by atoms with Gasteiger partial charge in [0.05, 0.1) is 0 Å². The van der Waals surface area contributed by atoms with Crippen molar-refractivity contribution in [1.29, 1.82) is 0 Å². The van der Waals surface area contributed by atoms with Gasteiger partial charge in [0.2, 0.25) is 0 Å². The maximum absolute atomic E-state index is 12.2. The molecule has 2 rings (SSSR count). The molecule has 1 atom stereocenters. The van der Waals surface area contributed by atoms with E-state index in [1.165, 1.54) is 6.07 Å². The monoisotopic (exact) mass is 333 g/mol. The standard InChI is InChI=1S/C15H13NO3.Ca.2H2O.2H/c16-13(15(18)19)11-7-4-8-12(9-11)14(17)10-5-2-1-3-6-10;;;;;/h1-9,13H,16H2,(H,18,19);;2*1H2;;/q;+2;;;2*-1. The quantitative estimate of drug-likeness (QED) is 0.608. The number of carboxylic acid groups (broad SMARTS) is 1. The van der Waals surface area contributed by atoms with Gasteiger partial charge in [-0.25, -0.2) is 0 Å². The van der Waals surface area contributed by atoms with Crippen LogP contribution in [0.25, 0.3) is 0 Å². The fraction of sp³-hybridized carbons (Fsp3) is 0.0667. The Morgan fingerprint density at radius 2 is 1.50 bits per heavy atom. The van der Waals surface area contributed by atoms with Crippen LogP contribution in [-0.2, 0) is 4.79 Å².